The fourth-order valence-corrected chi connectivity index (χ4v) is 2.77. The van der Waals surface area contributed by atoms with E-state index >= 15 is 0 Å². The van der Waals surface area contributed by atoms with Gasteiger partial charge in [0.2, 0.25) is 0 Å². The summed E-state index contributed by atoms with van der Waals surface area (Å²) in [5.74, 6) is 0. The third-order valence-corrected chi connectivity index (χ3v) is 4.47. The van der Waals surface area contributed by atoms with Gasteiger partial charge in [-0.3, -0.25) is 0 Å². The summed E-state index contributed by atoms with van der Waals surface area (Å²) in [6.07, 6.45) is 25.5. The second-order valence-electron chi connectivity index (χ2n) is 7.11. The number of benzene rings is 1. The van der Waals surface area contributed by atoms with Crippen LogP contribution >= 0.6 is 0 Å². The Morgan fingerprint density at radius 3 is 1.75 bits per heavy atom. The molecule has 0 aromatic heterocycles. The smallest absolute Gasteiger partial charge is 0.107 e. The lowest BCUT2D eigenvalue weighted by atomic mass is 10.1. The van der Waals surface area contributed by atoms with Crippen LogP contribution in [0.1, 0.15) is 96.5 Å². The van der Waals surface area contributed by atoms with Gasteiger partial charge in [-0.1, -0.05) is 107 Å². The second kappa shape index (κ2) is 23.7. The first-order chi connectivity index (χ1) is 13.8. The van der Waals surface area contributed by atoms with E-state index in [1.54, 1.807) is 0 Å². The molecule has 2 nitrogen and oxygen atoms in total. The molecule has 0 spiro atoms. The molecule has 0 heterocycles. The van der Waals surface area contributed by atoms with Crippen molar-refractivity contribution in [2.75, 3.05) is 7.11 Å². The van der Waals surface area contributed by atoms with E-state index in [4.69, 9.17) is 4.89 Å². The average Bonchev–Trinajstić information content (AvgIpc) is 2.74. The summed E-state index contributed by atoms with van der Waals surface area (Å²) < 4.78 is 0. The summed E-state index contributed by atoms with van der Waals surface area (Å²) in [5, 5.41) is 0. The molecule has 1 aromatic carbocycles. The molecule has 0 aliphatic rings. The molecule has 1 rings (SSSR count). The van der Waals surface area contributed by atoms with Crippen LogP contribution in [-0.4, -0.2) is 7.11 Å². The average molecular weight is 389 g/mol. The van der Waals surface area contributed by atoms with E-state index in [9.17, 15) is 0 Å². The van der Waals surface area contributed by atoms with Crippen molar-refractivity contribution >= 4 is 0 Å². The minimum absolute atomic E-state index is 0.511. The number of rotatable bonds is 16. The van der Waals surface area contributed by atoms with Gasteiger partial charge in [-0.2, -0.15) is 0 Å². The molecule has 1 aromatic rings. The van der Waals surface area contributed by atoms with Crippen molar-refractivity contribution in [2.45, 2.75) is 97.5 Å². The van der Waals surface area contributed by atoms with Gasteiger partial charge in [0.15, 0.2) is 0 Å². The minimum atomic E-state index is 0.511. The van der Waals surface area contributed by atoms with Crippen LogP contribution in [0.15, 0.2) is 54.6 Å². The molecule has 0 saturated heterocycles. The van der Waals surface area contributed by atoms with Crippen molar-refractivity contribution in [1.82, 2.24) is 0 Å². The van der Waals surface area contributed by atoms with E-state index in [0.717, 1.165) is 5.56 Å². The third kappa shape index (κ3) is 20.9. The maximum absolute atomic E-state index is 4.72. The van der Waals surface area contributed by atoms with Crippen LogP contribution in [-0.2, 0) is 16.4 Å². The van der Waals surface area contributed by atoms with E-state index in [0.29, 0.717) is 6.61 Å². The Hall–Kier alpha value is -1.38. The van der Waals surface area contributed by atoms with Crippen molar-refractivity contribution in [3.63, 3.8) is 0 Å². The maximum Gasteiger partial charge on any atom is 0.107 e. The molecular weight excluding hydrogens is 344 g/mol. The van der Waals surface area contributed by atoms with E-state index in [1.807, 2.05) is 30.3 Å². The normalized spacial score (nSPS) is 11.1. The lowest BCUT2D eigenvalue weighted by molar-refractivity contribution is -0.282. The van der Waals surface area contributed by atoms with Crippen LogP contribution in [0.25, 0.3) is 0 Å². The lowest BCUT2D eigenvalue weighted by Crippen LogP contribution is -1.89. The van der Waals surface area contributed by atoms with Crippen molar-refractivity contribution in [2.24, 2.45) is 0 Å². The van der Waals surface area contributed by atoms with Crippen molar-refractivity contribution in [3.05, 3.63) is 60.2 Å². The molecule has 0 bridgehead atoms. The topological polar surface area (TPSA) is 18.5 Å². The molecule has 0 aliphatic carbocycles. The summed E-state index contributed by atoms with van der Waals surface area (Å²) in [6, 6.07) is 9.87. The monoisotopic (exact) mass is 388 g/mol. The van der Waals surface area contributed by atoms with Gasteiger partial charge >= 0.3 is 0 Å². The molecule has 2 heteroatoms. The number of hydrogen-bond donors (Lipinski definition) is 0. The second-order valence-corrected chi connectivity index (χ2v) is 7.11. The highest BCUT2D eigenvalue weighted by Crippen LogP contribution is 2.09. The molecule has 0 atom stereocenters. The molecule has 0 unspecified atom stereocenters. The summed E-state index contributed by atoms with van der Waals surface area (Å²) in [7, 11) is 1.50. The molecule has 0 fully saturated rings. The Kier molecular flexibility index (Phi) is 22.5. The van der Waals surface area contributed by atoms with Crippen molar-refractivity contribution in [3.8, 4) is 0 Å². The Morgan fingerprint density at radius 1 is 0.679 bits per heavy atom. The van der Waals surface area contributed by atoms with Crippen LogP contribution in [0, 0.1) is 0 Å². The zero-order valence-electron chi connectivity index (χ0n) is 18.7. The van der Waals surface area contributed by atoms with Crippen LogP contribution in [0.5, 0.6) is 0 Å². The lowest BCUT2D eigenvalue weighted by Gasteiger charge is -1.99. The van der Waals surface area contributed by atoms with Crippen LogP contribution in [0.2, 0.25) is 0 Å². The molecule has 28 heavy (non-hydrogen) atoms. The van der Waals surface area contributed by atoms with Gasteiger partial charge in [0.25, 0.3) is 0 Å². The summed E-state index contributed by atoms with van der Waals surface area (Å²) in [5.41, 5.74) is 1.12. The minimum Gasteiger partial charge on any atom is -0.240 e. The van der Waals surface area contributed by atoms with Crippen LogP contribution in [0.4, 0.5) is 0 Å². The SMILES string of the molecule is CCC=CCCCCCCCCC=CCCCC.COOCc1ccccc1. The summed E-state index contributed by atoms with van der Waals surface area (Å²) in [6.45, 7) is 4.97. The zero-order chi connectivity index (χ0) is 20.5. The van der Waals surface area contributed by atoms with E-state index in [2.05, 4.69) is 43.0 Å². The first-order valence-electron chi connectivity index (χ1n) is 11.3. The Morgan fingerprint density at radius 2 is 1.21 bits per heavy atom. The molecule has 0 saturated carbocycles. The highest BCUT2D eigenvalue weighted by atomic mass is 17.2. The van der Waals surface area contributed by atoms with Gasteiger partial charge in [0.05, 0.1) is 7.11 Å². The highest BCUT2D eigenvalue weighted by Gasteiger charge is 1.90. The molecular formula is C26H44O2. The first kappa shape index (κ1) is 26.6. The van der Waals surface area contributed by atoms with E-state index < -0.39 is 0 Å². The predicted molar refractivity (Wildman–Crippen MR) is 123 cm³/mol. The Bertz CT molecular complexity index is 451. The standard InChI is InChI=1S/C18H34.C8H10O2/c1-3-5-7-9-11-13-15-17-18-16-14-12-10-8-6-4-2;1-9-10-7-8-5-3-2-4-6-8/h5,7,10,12H,3-4,6,8-9,11,13-18H2,1-2H3;2-6H,7H2,1H3. The quantitative estimate of drug-likeness (QED) is 0.122. The molecule has 0 amide bonds. The van der Waals surface area contributed by atoms with Crippen molar-refractivity contribution in [1.29, 1.82) is 0 Å². The molecule has 160 valence electrons. The van der Waals surface area contributed by atoms with Crippen LogP contribution in [0.3, 0.4) is 0 Å². The fraction of sp³-hybridized carbons (Fsp3) is 0.615. The Balaban J connectivity index is 0.000000609. The van der Waals surface area contributed by atoms with Gasteiger partial charge in [0.1, 0.15) is 6.61 Å². The molecule has 0 radical (unpaired) electrons. The summed E-state index contributed by atoms with van der Waals surface area (Å²) >= 11 is 0. The number of allylic oxidation sites excluding steroid dienone is 4. The summed E-state index contributed by atoms with van der Waals surface area (Å²) in [4.78, 5) is 9.17. The van der Waals surface area contributed by atoms with Gasteiger partial charge in [-0.05, 0) is 44.1 Å². The predicted octanol–water partition coefficient (Wildman–Crippen LogP) is 8.58. The fourth-order valence-electron chi connectivity index (χ4n) is 2.77. The Labute approximate surface area is 175 Å². The molecule has 0 N–H and O–H groups in total. The van der Waals surface area contributed by atoms with E-state index in [-0.39, 0.29) is 0 Å². The van der Waals surface area contributed by atoms with Gasteiger partial charge in [-0.15, -0.1) is 0 Å². The van der Waals surface area contributed by atoms with Gasteiger partial charge in [0, 0.05) is 0 Å². The van der Waals surface area contributed by atoms with Gasteiger partial charge < -0.3 is 0 Å². The maximum atomic E-state index is 4.72. The highest BCUT2D eigenvalue weighted by molar-refractivity contribution is 5.13. The first-order valence-corrected chi connectivity index (χ1v) is 11.3. The zero-order valence-corrected chi connectivity index (χ0v) is 18.7. The van der Waals surface area contributed by atoms with Crippen LogP contribution < -0.4 is 0 Å². The number of unbranched alkanes of at least 4 members (excludes halogenated alkanes) is 9. The van der Waals surface area contributed by atoms with Gasteiger partial charge in [-0.25, -0.2) is 9.78 Å². The van der Waals surface area contributed by atoms with E-state index in [1.165, 1.54) is 84.2 Å². The molecule has 0 aliphatic heterocycles. The largest absolute Gasteiger partial charge is 0.240 e. The number of hydrogen-bond acceptors (Lipinski definition) is 2. The van der Waals surface area contributed by atoms with Crippen molar-refractivity contribution < 1.29 is 9.78 Å². The third-order valence-electron chi connectivity index (χ3n) is 4.47.